The molecule has 1 amide bonds. The van der Waals surface area contributed by atoms with Crippen LogP contribution in [0.3, 0.4) is 0 Å². The molecule has 0 spiro atoms. The summed E-state index contributed by atoms with van der Waals surface area (Å²) in [6.45, 7) is 0. The summed E-state index contributed by atoms with van der Waals surface area (Å²) in [5.74, 6) is -1.46. The number of aromatic nitrogens is 2. The Balaban J connectivity index is 2.88. The monoisotopic (exact) mass is 141 g/mol. The molecule has 0 aliphatic carbocycles. The lowest BCUT2D eigenvalue weighted by Gasteiger charge is -1.81. The molecule has 0 atom stereocenters. The summed E-state index contributed by atoms with van der Waals surface area (Å²) in [5, 5.41) is 9.79. The fourth-order valence-corrected chi connectivity index (χ4v) is 0.469. The van der Waals surface area contributed by atoms with Crippen LogP contribution in [0.5, 0.6) is 0 Å². The molecule has 1 aromatic rings. The highest BCUT2D eigenvalue weighted by Gasteiger charge is 2.20. The van der Waals surface area contributed by atoms with Gasteiger partial charge in [0.05, 0.1) is 0 Å². The van der Waals surface area contributed by atoms with Crippen LogP contribution in [0.2, 0.25) is 0 Å². The third-order valence-electron chi connectivity index (χ3n) is 0.867. The Labute approximate surface area is 55.0 Å². The molecule has 1 aromatic heterocycles. The number of aromatic amines is 1. The molecule has 0 fully saturated rings. The number of imidazole rings is 1. The lowest BCUT2D eigenvalue weighted by molar-refractivity contribution is -0.375. The molecule has 0 aliphatic heterocycles. The molecular weight excluding hydrogens is 138 g/mol. The van der Waals surface area contributed by atoms with Crippen molar-refractivity contribution in [3.8, 4) is 0 Å². The number of hydrogen-bond acceptors (Lipinski definition) is 4. The average molecular weight is 141 g/mol. The minimum absolute atomic E-state index is 0.245. The molecule has 0 unspecified atom stereocenters. The average Bonchev–Trinajstić information content (AvgIpc) is 2.36. The van der Waals surface area contributed by atoms with E-state index in [1.807, 2.05) is 0 Å². The van der Waals surface area contributed by atoms with Crippen LogP contribution in [0.25, 0.3) is 0 Å². The minimum atomic E-state index is -1.22. The van der Waals surface area contributed by atoms with Gasteiger partial charge in [-0.15, -0.1) is 0 Å². The van der Waals surface area contributed by atoms with Crippen molar-refractivity contribution in [2.75, 3.05) is 0 Å². The van der Waals surface area contributed by atoms with Crippen LogP contribution in [-0.2, 0) is 0 Å². The second-order valence-electron chi connectivity index (χ2n) is 1.50. The molecule has 1 heterocycles. The molecule has 6 heteroatoms. The van der Waals surface area contributed by atoms with E-state index < -0.39 is 10.8 Å². The van der Waals surface area contributed by atoms with Gasteiger partial charge in [-0.25, -0.2) is 9.78 Å². The van der Waals surface area contributed by atoms with Gasteiger partial charge in [0.25, 0.3) is 5.82 Å². The van der Waals surface area contributed by atoms with E-state index in [1.165, 1.54) is 12.4 Å². The normalized spacial score (nSPS) is 9.20. The van der Waals surface area contributed by atoms with E-state index in [9.17, 15) is 14.9 Å². The molecule has 0 aromatic carbocycles. The number of carbonyl (C=O) groups excluding carboxylic acids is 1. The molecule has 6 nitrogen and oxygen atoms in total. The van der Waals surface area contributed by atoms with Crippen LogP contribution in [-0.4, -0.2) is 20.8 Å². The molecular formula is C4H3N3O3. The summed E-state index contributed by atoms with van der Waals surface area (Å²) in [7, 11) is 0. The topological polar surface area (TPSA) is 88.9 Å². The van der Waals surface area contributed by atoms with E-state index in [2.05, 4.69) is 9.97 Å². The van der Waals surface area contributed by atoms with Crippen LogP contribution in [0.4, 0.5) is 0 Å². The third kappa shape index (κ3) is 0.993. The third-order valence-corrected chi connectivity index (χ3v) is 0.867. The summed E-state index contributed by atoms with van der Waals surface area (Å²) in [4.78, 5) is 24.9. The Morgan fingerprint density at radius 3 is 2.90 bits per heavy atom. The van der Waals surface area contributed by atoms with Crippen LogP contribution in [0, 0.1) is 10.1 Å². The fraction of sp³-hybridized carbons (Fsp3) is 0. The molecule has 0 radical (unpaired) electrons. The molecule has 0 bridgehead atoms. The summed E-state index contributed by atoms with van der Waals surface area (Å²) in [5.41, 5.74) is 0. The Morgan fingerprint density at radius 2 is 2.50 bits per heavy atom. The van der Waals surface area contributed by atoms with Gasteiger partial charge in [0.15, 0.2) is 0 Å². The first kappa shape index (κ1) is 6.40. The zero-order valence-electron chi connectivity index (χ0n) is 4.77. The highest BCUT2D eigenvalue weighted by molar-refractivity contribution is 5.83. The quantitative estimate of drug-likeness (QED) is 0.434. The van der Waals surface area contributed by atoms with E-state index in [4.69, 9.17) is 0 Å². The Bertz CT molecular complexity index is 253. The van der Waals surface area contributed by atoms with Gasteiger partial charge < -0.3 is 4.98 Å². The van der Waals surface area contributed by atoms with Crippen LogP contribution >= 0.6 is 0 Å². The lowest BCUT2D eigenvalue weighted by Crippen LogP contribution is -2.12. The van der Waals surface area contributed by atoms with Crippen molar-refractivity contribution in [3.05, 3.63) is 28.3 Å². The van der Waals surface area contributed by atoms with E-state index in [0.717, 1.165) is 0 Å². The number of carbonyl (C=O) groups is 1. The van der Waals surface area contributed by atoms with Gasteiger partial charge in [-0.05, 0) is 0 Å². The van der Waals surface area contributed by atoms with Crippen LogP contribution in [0.15, 0.2) is 12.4 Å². The highest BCUT2D eigenvalue weighted by Crippen LogP contribution is 1.89. The maximum Gasteiger partial charge on any atom is 0.511 e. The molecule has 10 heavy (non-hydrogen) atoms. The van der Waals surface area contributed by atoms with E-state index in [0.29, 0.717) is 0 Å². The first-order valence-electron chi connectivity index (χ1n) is 2.40. The Hall–Kier alpha value is -1.72. The smallest absolute Gasteiger partial charge is 0.336 e. The number of nitrogens with one attached hydrogen (secondary N) is 1. The number of hydrogen-bond donors (Lipinski definition) is 1. The van der Waals surface area contributed by atoms with Crippen molar-refractivity contribution in [2.45, 2.75) is 0 Å². The standard InChI is InChI=1S/C4H3N3O3/c8-4(7(9)10)3-5-1-2-6-3/h1-2H,(H,5,6). The van der Waals surface area contributed by atoms with Crippen molar-refractivity contribution in [1.29, 1.82) is 0 Å². The van der Waals surface area contributed by atoms with Crippen LogP contribution in [0.1, 0.15) is 10.6 Å². The minimum Gasteiger partial charge on any atom is -0.336 e. The molecule has 52 valence electrons. The summed E-state index contributed by atoms with van der Waals surface area (Å²) >= 11 is 0. The molecule has 1 N–H and O–H groups in total. The highest BCUT2D eigenvalue weighted by atomic mass is 16.6. The van der Waals surface area contributed by atoms with Gasteiger partial charge in [0, 0.05) is 12.4 Å². The fourth-order valence-electron chi connectivity index (χ4n) is 0.469. The second kappa shape index (κ2) is 2.26. The number of nitrogens with zero attached hydrogens (tertiary/aromatic N) is 2. The zero-order chi connectivity index (χ0) is 7.56. The molecule has 0 saturated carbocycles. The number of rotatable bonds is 1. The van der Waals surface area contributed by atoms with Crippen molar-refractivity contribution in [2.24, 2.45) is 0 Å². The maximum absolute atomic E-state index is 10.4. The predicted octanol–water partition coefficient (Wildman–Crippen LogP) is -0.173. The summed E-state index contributed by atoms with van der Waals surface area (Å²) in [6, 6.07) is 0. The molecule has 1 rings (SSSR count). The largest absolute Gasteiger partial charge is 0.511 e. The zero-order valence-corrected chi connectivity index (χ0v) is 4.77. The van der Waals surface area contributed by atoms with Gasteiger partial charge in [-0.2, -0.15) is 0 Å². The first-order valence-corrected chi connectivity index (χ1v) is 2.40. The predicted molar refractivity (Wildman–Crippen MR) is 29.9 cm³/mol. The SMILES string of the molecule is O=C(c1ncc[nH]1)[N+](=O)[O-]. The van der Waals surface area contributed by atoms with Crippen molar-refractivity contribution >= 4 is 5.91 Å². The molecule has 0 saturated heterocycles. The van der Waals surface area contributed by atoms with Crippen molar-refractivity contribution in [3.63, 3.8) is 0 Å². The Morgan fingerprint density at radius 1 is 1.80 bits per heavy atom. The van der Waals surface area contributed by atoms with Gasteiger partial charge in [-0.3, -0.25) is 10.1 Å². The first-order chi connectivity index (χ1) is 4.72. The summed E-state index contributed by atoms with van der Waals surface area (Å²) < 4.78 is 0. The molecule has 0 aliphatic rings. The van der Waals surface area contributed by atoms with Gasteiger partial charge >= 0.3 is 5.91 Å². The van der Waals surface area contributed by atoms with E-state index >= 15 is 0 Å². The number of H-pyrrole nitrogens is 1. The summed E-state index contributed by atoms with van der Waals surface area (Å²) in [6.07, 6.45) is 2.62. The van der Waals surface area contributed by atoms with Gasteiger partial charge in [-0.1, -0.05) is 0 Å². The second-order valence-corrected chi connectivity index (χ2v) is 1.50. The van der Waals surface area contributed by atoms with Gasteiger partial charge in [0.2, 0.25) is 0 Å². The van der Waals surface area contributed by atoms with E-state index in [1.54, 1.807) is 0 Å². The van der Waals surface area contributed by atoms with Gasteiger partial charge in [0.1, 0.15) is 4.92 Å². The lowest BCUT2D eigenvalue weighted by atomic mass is 10.6. The number of amides is 1. The Kier molecular flexibility index (Phi) is 1.44. The number of nitro groups is 1. The van der Waals surface area contributed by atoms with E-state index in [-0.39, 0.29) is 5.82 Å². The van der Waals surface area contributed by atoms with Crippen molar-refractivity contribution < 1.29 is 9.72 Å². The maximum atomic E-state index is 10.4. The van der Waals surface area contributed by atoms with Crippen molar-refractivity contribution in [1.82, 2.24) is 9.97 Å². The van der Waals surface area contributed by atoms with Crippen LogP contribution < -0.4 is 0 Å².